The summed E-state index contributed by atoms with van der Waals surface area (Å²) in [6, 6.07) is 9.08. The fourth-order valence-corrected chi connectivity index (χ4v) is 5.21. The average molecular weight is 515 g/mol. The zero-order valence-corrected chi connectivity index (χ0v) is 21.2. The molecule has 2 heterocycles. The number of carbonyl (C=O) groups is 1. The molecule has 1 aliphatic rings. The van der Waals surface area contributed by atoms with Crippen LogP contribution in [0.25, 0.3) is 17.0 Å². The number of ether oxygens (including phenoxy) is 2. The molecule has 0 N–H and O–H groups in total. The summed E-state index contributed by atoms with van der Waals surface area (Å²) in [4.78, 5) is 19.4. The van der Waals surface area contributed by atoms with Crippen LogP contribution in [0.15, 0.2) is 48.7 Å². The molecule has 2 aromatic carbocycles. The van der Waals surface area contributed by atoms with Gasteiger partial charge < -0.3 is 9.47 Å². The minimum absolute atomic E-state index is 0.200. The highest BCUT2D eigenvalue weighted by Gasteiger charge is 2.44. The molecule has 0 saturated carbocycles. The monoisotopic (exact) mass is 514 g/mol. The predicted octanol–water partition coefficient (Wildman–Crippen LogP) is 6.08. The van der Waals surface area contributed by atoms with Crippen molar-refractivity contribution in [1.82, 2.24) is 9.88 Å². The number of hydrogen-bond donors (Lipinski definition) is 0. The van der Waals surface area contributed by atoms with Gasteiger partial charge in [0.25, 0.3) is 0 Å². The third kappa shape index (κ3) is 5.68. The molecule has 3 aromatic rings. The molecule has 4 rings (SSSR count). The van der Waals surface area contributed by atoms with Crippen molar-refractivity contribution in [2.75, 3.05) is 33.9 Å². The molecule has 1 aromatic heterocycles. The summed E-state index contributed by atoms with van der Waals surface area (Å²) < 4.78 is 37.8. The van der Waals surface area contributed by atoms with Crippen molar-refractivity contribution in [2.24, 2.45) is 5.41 Å². The number of pyridine rings is 1. The molecular weight excluding hydrogens is 486 g/mol. The Labute approximate surface area is 214 Å². The summed E-state index contributed by atoms with van der Waals surface area (Å²) in [5, 5.41) is 1.53. The molecule has 0 radical (unpaired) electrons. The molecule has 0 spiro atoms. The van der Waals surface area contributed by atoms with Crippen LogP contribution in [0, 0.1) is 17.0 Å². The largest absolute Gasteiger partial charge is 0.497 e. The van der Waals surface area contributed by atoms with Gasteiger partial charge in [0.2, 0.25) is 0 Å². The van der Waals surface area contributed by atoms with Crippen molar-refractivity contribution >= 4 is 34.5 Å². The second-order valence-corrected chi connectivity index (χ2v) is 9.55. The van der Waals surface area contributed by atoms with Gasteiger partial charge in [0.1, 0.15) is 17.4 Å². The summed E-state index contributed by atoms with van der Waals surface area (Å²) in [6.07, 6.45) is 7.75. The zero-order chi connectivity index (χ0) is 25.7. The number of esters is 1. The molecule has 1 unspecified atom stereocenters. The molecule has 36 heavy (non-hydrogen) atoms. The van der Waals surface area contributed by atoms with Crippen LogP contribution in [-0.2, 0) is 16.0 Å². The van der Waals surface area contributed by atoms with Crippen LogP contribution in [0.1, 0.15) is 30.4 Å². The van der Waals surface area contributed by atoms with Gasteiger partial charge >= 0.3 is 5.97 Å². The molecule has 0 amide bonds. The highest BCUT2D eigenvalue weighted by molar-refractivity contribution is 6.32. The van der Waals surface area contributed by atoms with E-state index in [0.29, 0.717) is 43.9 Å². The number of methoxy groups -OCH3 is 2. The Hall–Kier alpha value is -3.03. The summed E-state index contributed by atoms with van der Waals surface area (Å²) >= 11 is 6.51. The molecule has 1 fully saturated rings. The van der Waals surface area contributed by atoms with Crippen LogP contribution in [0.5, 0.6) is 5.75 Å². The Kier molecular flexibility index (Phi) is 8.21. The minimum Gasteiger partial charge on any atom is -0.497 e. The molecular formula is C28H29ClF2N2O3. The van der Waals surface area contributed by atoms with Crippen molar-refractivity contribution in [1.29, 1.82) is 0 Å². The molecule has 1 atom stereocenters. The number of hydrogen-bond acceptors (Lipinski definition) is 5. The van der Waals surface area contributed by atoms with E-state index in [2.05, 4.69) is 9.88 Å². The number of aromatic nitrogens is 1. The van der Waals surface area contributed by atoms with Crippen molar-refractivity contribution in [3.05, 3.63) is 76.5 Å². The van der Waals surface area contributed by atoms with Crippen LogP contribution in [0.2, 0.25) is 5.02 Å². The molecule has 0 bridgehead atoms. The quantitative estimate of drug-likeness (QED) is 0.324. The summed E-state index contributed by atoms with van der Waals surface area (Å²) in [6.45, 7) is 1.77. The average Bonchev–Trinajstić information content (AvgIpc) is 3.30. The van der Waals surface area contributed by atoms with Gasteiger partial charge in [0.05, 0.1) is 30.2 Å². The van der Waals surface area contributed by atoms with E-state index in [1.165, 1.54) is 7.11 Å². The minimum atomic E-state index is -0.625. The fourth-order valence-electron chi connectivity index (χ4n) is 4.96. The van der Waals surface area contributed by atoms with E-state index in [-0.39, 0.29) is 11.5 Å². The van der Waals surface area contributed by atoms with Gasteiger partial charge in [0, 0.05) is 30.2 Å². The van der Waals surface area contributed by atoms with E-state index in [0.717, 1.165) is 46.8 Å². The Morgan fingerprint density at radius 1 is 1.22 bits per heavy atom. The van der Waals surface area contributed by atoms with E-state index in [1.54, 1.807) is 25.5 Å². The number of benzene rings is 2. The summed E-state index contributed by atoms with van der Waals surface area (Å²) in [7, 11) is 3.04. The molecule has 0 aliphatic carbocycles. The topological polar surface area (TPSA) is 51.7 Å². The first-order valence-corrected chi connectivity index (χ1v) is 12.3. The van der Waals surface area contributed by atoms with Gasteiger partial charge in [-0.05, 0) is 74.2 Å². The lowest BCUT2D eigenvalue weighted by Crippen LogP contribution is -2.36. The molecule has 190 valence electrons. The number of aryl methyl sites for hydroxylation is 1. The number of fused-ring (bicyclic) bond motifs is 1. The first-order chi connectivity index (χ1) is 17.3. The molecule has 1 saturated heterocycles. The van der Waals surface area contributed by atoms with E-state index in [1.807, 2.05) is 18.2 Å². The lowest BCUT2D eigenvalue weighted by Gasteiger charge is -2.26. The first-order valence-electron chi connectivity index (χ1n) is 11.9. The Bertz CT molecular complexity index is 1280. The standard InChI is InChI=1S/C28H29ClF2N2O3/c1-35-21-8-10-26-23(16-21)22(24(29)17-32-26)6-3-11-28(27(34)36-2)12-14-33(18-28)13-4-5-19-15-20(30)7-9-25(19)31/h4-5,7-10,15-17H,3,6,11-14,18H2,1-2H3/b5-4+. The summed E-state index contributed by atoms with van der Waals surface area (Å²) in [5.74, 6) is -0.450. The number of halogens is 3. The second kappa shape index (κ2) is 11.4. The van der Waals surface area contributed by atoms with Crippen LogP contribution >= 0.6 is 11.6 Å². The number of nitrogens with zero attached hydrogens (tertiary/aromatic N) is 2. The number of rotatable bonds is 9. The van der Waals surface area contributed by atoms with Gasteiger partial charge in [-0.15, -0.1) is 0 Å². The van der Waals surface area contributed by atoms with E-state index < -0.39 is 17.0 Å². The van der Waals surface area contributed by atoms with Crippen molar-refractivity contribution in [2.45, 2.75) is 25.7 Å². The van der Waals surface area contributed by atoms with Crippen molar-refractivity contribution in [3.63, 3.8) is 0 Å². The molecule has 5 nitrogen and oxygen atoms in total. The normalized spacial score (nSPS) is 18.2. The summed E-state index contributed by atoms with van der Waals surface area (Å²) in [5.41, 5.74) is 1.40. The lowest BCUT2D eigenvalue weighted by atomic mass is 9.81. The highest BCUT2D eigenvalue weighted by atomic mass is 35.5. The Balaban J connectivity index is 1.44. The van der Waals surface area contributed by atoms with Crippen LogP contribution < -0.4 is 4.74 Å². The molecule has 8 heteroatoms. The first kappa shape index (κ1) is 26.0. The maximum absolute atomic E-state index is 13.9. The van der Waals surface area contributed by atoms with E-state index in [9.17, 15) is 13.6 Å². The third-order valence-corrected chi connectivity index (χ3v) is 7.21. The Morgan fingerprint density at radius 3 is 2.83 bits per heavy atom. The van der Waals surface area contributed by atoms with Crippen LogP contribution in [-0.4, -0.2) is 49.7 Å². The van der Waals surface area contributed by atoms with Crippen LogP contribution in [0.3, 0.4) is 0 Å². The second-order valence-electron chi connectivity index (χ2n) is 9.15. The van der Waals surface area contributed by atoms with Crippen molar-refractivity contribution < 1.29 is 23.0 Å². The third-order valence-electron chi connectivity index (χ3n) is 6.89. The number of likely N-dealkylation sites (tertiary alicyclic amines) is 1. The van der Waals surface area contributed by atoms with Crippen molar-refractivity contribution in [3.8, 4) is 5.75 Å². The van der Waals surface area contributed by atoms with Gasteiger partial charge in [-0.1, -0.05) is 23.8 Å². The van der Waals surface area contributed by atoms with E-state index >= 15 is 0 Å². The maximum atomic E-state index is 13.9. The van der Waals surface area contributed by atoms with Gasteiger partial charge in [-0.3, -0.25) is 14.7 Å². The van der Waals surface area contributed by atoms with E-state index in [4.69, 9.17) is 21.1 Å². The maximum Gasteiger partial charge on any atom is 0.313 e. The fraction of sp³-hybridized carbons (Fsp3) is 0.357. The smallest absolute Gasteiger partial charge is 0.313 e. The molecule has 1 aliphatic heterocycles. The highest BCUT2D eigenvalue weighted by Crippen LogP contribution is 2.38. The lowest BCUT2D eigenvalue weighted by molar-refractivity contribution is -0.152. The van der Waals surface area contributed by atoms with Gasteiger partial charge in [-0.25, -0.2) is 8.78 Å². The predicted molar refractivity (Wildman–Crippen MR) is 137 cm³/mol. The van der Waals surface area contributed by atoms with Gasteiger partial charge in [-0.2, -0.15) is 0 Å². The SMILES string of the molecule is COC(=O)C1(CCCc2c(Cl)cnc3ccc(OC)cc23)CCN(C/C=C/c2cc(F)ccc2F)C1. The zero-order valence-electron chi connectivity index (χ0n) is 20.4. The Morgan fingerprint density at radius 2 is 2.06 bits per heavy atom. The number of carbonyl (C=O) groups excluding carboxylic acids is 1. The van der Waals surface area contributed by atoms with Crippen LogP contribution in [0.4, 0.5) is 8.78 Å². The van der Waals surface area contributed by atoms with Gasteiger partial charge in [0.15, 0.2) is 0 Å².